The molecule has 2 rings (SSSR count). The molecule has 0 aliphatic carbocycles. The average Bonchev–Trinajstić information content (AvgIpc) is 2.75. The molecule has 1 aromatic rings. The molecular weight excluding hydrogens is 454 g/mol. The van der Waals surface area contributed by atoms with E-state index in [9.17, 15) is 29.3 Å². The molecule has 1 aliphatic rings. The topological polar surface area (TPSA) is 156 Å². The monoisotopic (exact) mass is 479 g/mol. The van der Waals surface area contributed by atoms with Gasteiger partial charge in [-0.15, -0.1) is 11.8 Å². The van der Waals surface area contributed by atoms with Crippen LogP contribution in [-0.2, 0) is 30.3 Å². The predicted molar refractivity (Wildman–Crippen MR) is 119 cm³/mol. The fourth-order valence-corrected chi connectivity index (χ4v) is 4.20. The molecule has 2 amide bonds. The number of para-hydroxylation sites is 1. The zero-order valence-electron chi connectivity index (χ0n) is 18.2. The Bertz CT molecular complexity index is 965. The fraction of sp³-hybridized carbons (Fsp3) is 0.429. The summed E-state index contributed by atoms with van der Waals surface area (Å²) in [5.41, 5.74) is 0.638. The van der Waals surface area contributed by atoms with Gasteiger partial charge >= 0.3 is 11.9 Å². The van der Waals surface area contributed by atoms with Crippen LogP contribution in [0.4, 0.5) is 5.69 Å². The number of β-lactam (4-membered cyclic amide) rings is 1. The third-order valence-electron chi connectivity index (χ3n) is 4.83. The lowest BCUT2D eigenvalue weighted by molar-refractivity contribution is -0.385. The summed E-state index contributed by atoms with van der Waals surface area (Å²) < 4.78 is 4.86. The number of rotatable bonds is 12. The highest BCUT2D eigenvalue weighted by molar-refractivity contribution is 8.02. The summed E-state index contributed by atoms with van der Waals surface area (Å²) in [6, 6.07) is 4.14. The Morgan fingerprint density at radius 1 is 1.33 bits per heavy atom. The van der Waals surface area contributed by atoms with E-state index in [2.05, 4.69) is 5.32 Å². The molecule has 2 unspecified atom stereocenters. The van der Waals surface area contributed by atoms with Crippen molar-refractivity contribution in [2.75, 3.05) is 18.9 Å². The summed E-state index contributed by atoms with van der Waals surface area (Å²) in [6.45, 7) is 3.17. The van der Waals surface area contributed by atoms with Gasteiger partial charge in [0, 0.05) is 17.4 Å². The van der Waals surface area contributed by atoms with Gasteiger partial charge in [-0.2, -0.15) is 0 Å². The van der Waals surface area contributed by atoms with Crippen molar-refractivity contribution in [3.05, 3.63) is 50.9 Å². The molecule has 2 N–H and O–H groups in total. The number of esters is 1. The molecule has 0 spiro atoms. The third kappa shape index (κ3) is 7.04. The van der Waals surface area contributed by atoms with E-state index in [0.717, 1.165) is 4.90 Å². The molecule has 33 heavy (non-hydrogen) atoms. The quantitative estimate of drug-likeness (QED) is 0.149. The van der Waals surface area contributed by atoms with Crippen molar-refractivity contribution < 1.29 is 33.9 Å². The van der Waals surface area contributed by atoms with E-state index >= 15 is 0 Å². The Kier molecular flexibility index (Phi) is 9.40. The highest BCUT2D eigenvalue weighted by Crippen LogP contribution is 2.28. The smallest absolute Gasteiger partial charge is 0.323 e. The van der Waals surface area contributed by atoms with Gasteiger partial charge in [-0.05, 0) is 24.8 Å². The molecule has 12 heteroatoms. The number of carboxylic acids is 1. The number of amides is 2. The number of nitro groups is 1. The van der Waals surface area contributed by atoms with E-state index in [1.165, 1.54) is 30.0 Å². The molecule has 1 fully saturated rings. The molecule has 1 aliphatic heterocycles. The summed E-state index contributed by atoms with van der Waals surface area (Å²) >= 11 is 1.31. The van der Waals surface area contributed by atoms with Crippen LogP contribution in [-0.4, -0.2) is 69.7 Å². The maximum atomic E-state index is 12.5. The molecule has 1 aromatic carbocycles. The van der Waals surface area contributed by atoms with E-state index in [4.69, 9.17) is 9.84 Å². The van der Waals surface area contributed by atoms with E-state index in [-0.39, 0.29) is 30.1 Å². The van der Waals surface area contributed by atoms with E-state index in [1.54, 1.807) is 25.3 Å². The van der Waals surface area contributed by atoms with E-state index in [1.807, 2.05) is 0 Å². The summed E-state index contributed by atoms with van der Waals surface area (Å²) in [5.74, 6) is -2.24. The number of nitrogens with one attached hydrogen (secondary N) is 1. The van der Waals surface area contributed by atoms with Gasteiger partial charge in [-0.3, -0.25) is 29.3 Å². The van der Waals surface area contributed by atoms with E-state index in [0.29, 0.717) is 17.9 Å². The first-order valence-electron chi connectivity index (χ1n) is 10.1. The van der Waals surface area contributed by atoms with Gasteiger partial charge in [-0.1, -0.05) is 18.2 Å². The minimum absolute atomic E-state index is 0.195. The number of benzene rings is 1. The van der Waals surface area contributed by atoms with Gasteiger partial charge in [0.15, 0.2) is 0 Å². The Hall–Kier alpha value is -3.41. The predicted octanol–water partition coefficient (Wildman–Crippen LogP) is 1.51. The van der Waals surface area contributed by atoms with Crippen molar-refractivity contribution in [2.45, 2.75) is 38.8 Å². The fourth-order valence-electron chi connectivity index (χ4n) is 3.39. The number of hydrogen-bond acceptors (Lipinski definition) is 8. The maximum absolute atomic E-state index is 12.5. The van der Waals surface area contributed by atoms with Crippen LogP contribution in [0.2, 0.25) is 0 Å². The van der Waals surface area contributed by atoms with Crippen molar-refractivity contribution in [2.24, 2.45) is 0 Å². The van der Waals surface area contributed by atoms with Gasteiger partial charge < -0.3 is 20.1 Å². The molecule has 0 saturated carbocycles. The number of hydrogen-bond donors (Lipinski definition) is 2. The standard InChI is InChI=1S/C21H25N3O8S/c1-3-32-18(28)8-9-33-12-13(2)20-19(21(29)23(20)11-17(26)27)22-16(25)10-14-6-4-5-7-15(14)24(30)31/h4-7,12,19-20H,3,8-11H2,1-2H3,(H,22,25)(H,26,27). The molecule has 0 aromatic heterocycles. The number of carbonyl (C=O) groups is 4. The molecule has 1 saturated heterocycles. The van der Waals surface area contributed by atoms with Crippen molar-refractivity contribution in [3.8, 4) is 0 Å². The second-order valence-corrected chi connectivity index (χ2v) is 8.18. The zero-order valence-corrected chi connectivity index (χ0v) is 19.0. The van der Waals surface area contributed by atoms with Gasteiger partial charge in [0.1, 0.15) is 12.6 Å². The number of nitrogens with zero attached hydrogens (tertiary/aromatic N) is 2. The summed E-state index contributed by atoms with van der Waals surface area (Å²) in [4.78, 5) is 59.3. The largest absolute Gasteiger partial charge is 0.480 e. The lowest BCUT2D eigenvalue weighted by atomic mass is 9.89. The van der Waals surface area contributed by atoms with Crippen LogP contribution in [0, 0.1) is 10.1 Å². The summed E-state index contributed by atoms with van der Waals surface area (Å²) in [6.07, 6.45) is -0.107. The van der Waals surface area contributed by atoms with Gasteiger partial charge in [0.25, 0.3) is 5.69 Å². The van der Waals surface area contributed by atoms with Crippen LogP contribution in [0.3, 0.4) is 0 Å². The van der Waals surface area contributed by atoms with Crippen molar-refractivity contribution in [3.63, 3.8) is 0 Å². The summed E-state index contributed by atoms with van der Waals surface area (Å²) in [5, 5.41) is 24.6. The Morgan fingerprint density at radius 2 is 2.03 bits per heavy atom. The Morgan fingerprint density at radius 3 is 2.67 bits per heavy atom. The average molecular weight is 480 g/mol. The van der Waals surface area contributed by atoms with Crippen molar-refractivity contribution in [1.29, 1.82) is 0 Å². The number of carbonyl (C=O) groups excluding carboxylic acids is 3. The number of nitro benzene ring substituents is 1. The SMILES string of the molecule is CCOC(=O)CCSC=C(C)C1C(NC(=O)Cc2ccccc2[N+](=O)[O-])C(=O)N1CC(=O)O. The first-order chi connectivity index (χ1) is 15.6. The minimum Gasteiger partial charge on any atom is -0.480 e. The minimum atomic E-state index is -1.19. The highest BCUT2D eigenvalue weighted by atomic mass is 32.2. The number of thioether (sulfide) groups is 1. The van der Waals surface area contributed by atoms with Crippen LogP contribution < -0.4 is 5.32 Å². The number of carboxylic acid groups (broad SMARTS) is 1. The first-order valence-corrected chi connectivity index (χ1v) is 11.2. The molecule has 1 heterocycles. The molecule has 178 valence electrons. The lowest BCUT2D eigenvalue weighted by Crippen LogP contribution is -2.71. The second kappa shape index (κ2) is 12.0. The van der Waals surface area contributed by atoms with Crippen LogP contribution in [0.15, 0.2) is 35.2 Å². The lowest BCUT2D eigenvalue weighted by Gasteiger charge is -2.47. The van der Waals surface area contributed by atoms with Crippen LogP contribution in [0.25, 0.3) is 0 Å². The molecule has 0 bridgehead atoms. The van der Waals surface area contributed by atoms with Crippen molar-refractivity contribution in [1.82, 2.24) is 10.2 Å². The van der Waals surface area contributed by atoms with E-state index < -0.39 is 41.3 Å². The third-order valence-corrected chi connectivity index (χ3v) is 5.81. The number of likely N-dealkylation sites (tertiary alicyclic amines) is 1. The van der Waals surface area contributed by atoms with Gasteiger partial charge in [-0.25, -0.2) is 0 Å². The van der Waals surface area contributed by atoms with Crippen LogP contribution in [0.1, 0.15) is 25.8 Å². The maximum Gasteiger partial charge on any atom is 0.323 e. The number of ether oxygens (including phenoxy) is 1. The molecule has 0 radical (unpaired) electrons. The normalized spacial score (nSPS) is 17.8. The molecule has 11 nitrogen and oxygen atoms in total. The zero-order chi connectivity index (χ0) is 24.5. The highest BCUT2D eigenvalue weighted by Gasteiger charge is 2.49. The van der Waals surface area contributed by atoms with Crippen LogP contribution in [0.5, 0.6) is 0 Å². The van der Waals surface area contributed by atoms with Gasteiger partial charge in [0.2, 0.25) is 11.8 Å². The first kappa shape index (κ1) is 25.8. The Balaban J connectivity index is 2.07. The van der Waals surface area contributed by atoms with Crippen molar-refractivity contribution >= 4 is 41.2 Å². The second-order valence-electron chi connectivity index (χ2n) is 7.20. The summed E-state index contributed by atoms with van der Waals surface area (Å²) in [7, 11) is 0. The number of aliphatic carboxylic acids is 1. The van der Waals surface area contributed by atoms with Gasteiger partial charge in [0.05, 0.1) is 30.4 Å². The van der Waals surface area contributed by atoms with Crippen LogP contribution >= 0.6 is 11.8 Å². The molecular formula is C21H25N3O8S. The molecule has 2 atom stereocenters. The Labute approximate surface area is 194 Å².